The van der Waals surface area contributed by atoms with Crippen molar-refractivity contribution in [1.82, 2.24) is 25.0 Å². The summed E-state index contributed by atoms with van der Waals surface area (Å²) in [6.45, 7) is 1.70. The molecule has 0 saturated carbocycles. The molecule has 2 N–H and O–H groups in total. The van der Waals surface area contributed by atoms with Crippen LogP contribution in [0.3, 0.4) is 0 Å². The lowest BCUT2D eigenvalue weighted by molar-refractivity contribution is -0.137. The molecule has 2 rings (SSSR count). The van der Waals surface area contributed by atoms with Crippen LogP contribution in [0.2, 0.25) is 0 Å². The summed E-state index contributed by atoms with van der Waals surface area (Å²) < 4.78 is 0. The molecule has 1 aliphatic heterocycles. The molecule has 20 heavy (non-hydrogen) atoms. The van der Waals surface area contributed by atoms with Gasteiger partial charge >= 0.3 is 12.0 Å². The van der Waals surface area contributed by atoms with Crippen molar-refractivity contribution in [2.45, 2.75) is 25.8 Å². The number of carbonyl (C=O) groups is 2. The summed E-state index contributed by atoms with van der Waals surface area (Å²) in [4.78, 5) is 30.1. The third kappa shape index (κ3) is 3.69. The molecule has 2 amide bonds. The van der Waals surface area contributed by atoms with Crippen molar-refractivity contribution in [2.24, 2.45) is 5.92 Å². The van der Waals surface area contributed by atoms with E-state index in [2.05, 4.69) is 15.2 Å². The van der Waals surface area contributed by atoms with Crippen molar-refractivity contribution in [3.63, 3.8) is 0 Å². The van der Waals surface area contributed by atoms with Gasteiger partial charge in [0.2, 0.25) is 0 Å². The first-order valence-corrected chi connectivity index (χ1v) is 6.62. The fraction of sp³-hybridized carbons (Fsp3) is 0.667. The summed E-state index contributed by atoms with van der Waals surface area (Å²) >= 11 is 0. The maximum atomic E-state index is 12.2. The maximum Gasteiger partial charge on any atom is 0.320 e. The Hall–Kier alpha value is -2.12. The summed E-state index contributed by atoms with van der Waals surface area (Å²) in [6.07, 6.45) is 3.08. The molecule has 0 aromatic carbocycles. The molecular weight excluding hydrogens is 262 g/mol. The lowest BCUT2D eigenvalue weighted by Crippen LogP contribution is -2.39. The maximum absolute atomic E-state index is 12.2. The van der Waals surface area contributed by atoms with Crippen molar-refractivity contribution in [2.75, 3.05) is 20.1 Å². The first-order valence-electron chi connectivity index (χ1n) is 6.62. The molecule has 0 spiro atoms. The molecular formula is C12H19N5O3. The Bertz CT molecular complexity index is 462. The largest absolute Gasteiger partial charge is 0.481 e. The summed E-state index contributed by atoms with van der Waals surface area (Å²) in [5.74, 6) is 0.147. The molecule has 2 heterocycles. The second-order valence-electron chi connectivity index (χ2n) is 5.10. The van der Waals surface area contributed by atoms with Crippen LogP contribution in [0.4, 0.5) is 4.79 Å². The van der Waals surface area contributed by atoms with Gasteiger partial charge in [0.05, 0.1) is 6.54 Å². The smallest absolute Gasteiger partial charge is 0.320 e. The molecule has 0 bridgehead atoms. The van der Waals surface area contributed by atoms with Crippen LogP contribution in [0.1, 0.15) is 25.1 Å². The number of aromatic amines is 1. The van der Waals surface area contributed by atoms with Gasteiger partial charge in [0.25, 0.3) is 0 Å². The topological polar surface area (TPSA) is 102 Å². The number of amides is 2. The van der Waals surface area contributed by atoms with Crippen LogP contribution in [0.25, 0.3) is 0 Å². The highest BCUT2D eigenvalue weighted by Crippen LogP contribution is 2.22. The standard InChI is InChI=1S/C12H19N5O3/c1-16(7-10-13-8-14-15-10)12(20)17-5-4-9(6-17)2-3-11(18)19/h8-9H,2-7H2,1H3,(H,18,19)(H,13,14,15). The Kier molecular flexibility index (Phi) is 4.54. The Balaban J connectivity index is 1.80. The van der Waals surface area contributed by atoms with Crippen molar-refractivity contribution in [1.29, 1.82) is 0 Å². The van der Waals surface area contributed by atoms with E-state index in [4.69, 9.17) is 5.11 Å². The number of rotatable bonds is 5. The van der Waals surface area contributed by atoms with E-state index in [9.17, 15) is 9.59 Å². The van der Waals surface area contributed by atoms with Crippen molar-refractivity contribution in [3.05, 3.63) is 12.2 Å². The Morgan fingerprint density at radius 1 is 1.60 bits per heavy atom. The van der Waals surface area contributed by atoms with E-state index in [-0.39, 0.29) is 18.4 Å². The van der Waals surface area contributed by atoms with E-state index in [1.54, 1.807) is 16.8 Å². The quantitative estimate of drug-likeness (QED) is 0.820. The Morgan fingerprint density at radius 3 is 3.05 bits per heavy atom. The molecule has 8 nitrogen and oxygen atoms in total. The van der Waals surface area contributed by atoms with Crippen LogP contribution in [-0.2, 0) is 11.3 Å². The van der Waals surface area contributed by atoms with Gasteiger partial charge in [-0.05, 0) is 18.8 Å². The molecule has 1 aliphatic rings. The van der Waals surface area contributed by atoms with Crippen molar-refractivity contribution >= 4 is 12.0 Å². The highest BCUT2D eigenvalue weighted by atomic mass is 16.4. The molecule has 1 saturated heterocycles. The number of hydrogen-bond donors (Lipinski definition) is 2. The second-order valence-corrected chi connectivity index (χ2v) is 5.10. The minimum Gasteiger partial charge on any atom is -0.481 e. The second kappa shape index (κ2) is 6.36. The minimum atomic E-state index is -0.780. The molecule has 0 aliphatic carbocycles. The molecule has 8 heteroatoms. The number of carboxylic acids is 1. The average molecular weight is 281 g/mol. The number of carboxylic acid groups (broad SMARTS) is 1. The third-order valence-corrected chi connectivity index (χ3v) is 3.50. The number of nitrogens with zero attached hydrogens (tertiary/aromatic N) is 4. The van der Waals surface area contributed by atoms with Gasteiger partial charge in [0, 0.05) is 26.6 Å². The number of carbonyl (C=O) groups excluding carboxylic acids is 1. The number of hydrogen-bond acceptors (Lipinski definition) is 4. The van der Waals surface area contributed by atoms with Crippen LogP contribution in [-0.4, -0.2) is 62.2 Å². The number of likely N-dealkylation sites (tertiary alicyclic amines) is 1. The van der Waals surface area contributed by atoms with Crippen LogP contribution >= 0.6 is 0 Å². The zero-order valence-corrected chi connectivity index (χ0v) is 11.4. The lowest BCUT2D eigenvalue weighted by Gasteiger charge is -2.23. The molecule has 1 unspecified atom stereocenters. The van der Waals surface area contributed by atoms with Gasteiger partial charge in [0.15, 0.2) is 0 Å². The van der Waals surface area contributed by atoms with E-state index in [1.165, 1.54) is 6.33 Å². The van der Waals surface area contributed by atoms with E-state index in [1.807, 2.05) is 0 Å². The lowest BCUT2D eigenvalue weighted by atomic mass is 10.0. The monoisotopic (exact) mass is 281 g/mol. The van der Waals surface area contributed by atoms with Crippen molar-refractivity contribution < 1.29 is 14.7 Å². The Morgan fingerprint density at radius 2 is 2.40 bits per heavy atom. The van der Waals surface area contributed by atoms with Gasteiger partial charge < -0.3 is 14.9 Å². The van der Waals surface area contributed by atoms with E-state index >= 15 is 0 Å². The van der Waals surface area contributed by atoms with Crippen molar-refractivity contribution in [3.8, 4) is 0 Å². The minimum absolute atomic E-state index is 0.0563. The van der Waals surface area contributed by atoms with Gasteiger partial charge in [-0.15, -0.1) is 0 Å². The normalized spacial score (nSPS) is 18.2. The molecule has 1 aromatic rings. The van der Waals surface area contributed by atoms with E-state index < -0.39 is 5.97 Å². The molecule has 1 fully saturated rings. The van der Waals surface area contributed by atoms with E-state index in [0.29, 0.717) is 31.9 Å². The summed E-state index contributed by atoms with van der Waals surface area (Å²) in [5, 5.41) is 15.1. The first kappa shape index (κ1) is 14.3. The number of H-pyrrole nitrogens is 1. The zero-order chi connectivity index (χ0) is 14.5. The van der Waals surface area contributed by atoms with Gasteiger partial charge in [-0.1, -0.05) is 0 Å². The predicted molar refractivity (Wildman–Crippen MR) is 69.8 cm³/mol. The molecule has 1 atom stereocenters. The SMILES string of the molecule is CN(Cc1ncn[nH]1)C(=O)N1CCC(CCC(=O)O)C1. The van der Waals surface area contributed by atoms with Gasteiger partial charge in [0.1, 0.15) is 12.2 Å². The fourth-order valence-electron chi connectivity index (χ4n) is 2.41. The number of urea groups is 1. The Labute approximate surface area is 116 Å². The van der Waals surface area contributed by atoms with E-state index in [0.717, 1.165) is 6.42 Å². The van der Waals surface area contributed by atoms with Crippen LogP contribution in [0, 0.1) is 5.92 Å². The third-order valence-electron chi connectivity index (χ3n) is 3.50. The zero-order valence-electron chi connectivity index (χ0n) is 11.4. The summed E-state index contributed by atoms with van der Waals surface area (Å²) in [6, 6.07) is -0.0563. The first-order chi connectivity index (χ1) is 9.56. The highest BCUT2D eigenvalue weighted by Gasteiger charge is 2.28. The molecule has 0 radical (unpaired) electrons. The summed E-state index contributed by atoms with van der Waals surface area (Å²) in [7, 11) is 1.72. The number of aromatic nitrogens is 3. The number of nitrogens with one attached hydrogen (secondary N) is 1. The molecule has 1 aromatic heterocycles. The molecule has 110 valence electrons. The van der Waals surface area contributed by atoms with Gasteiger partial charge in [-0.2, -0.15) is 5.10 Å². The predicted octanol–water partition coefficient (Wildman–Crippen LogP) is 0.543. The summed E-state index contributed by atoms with van der Waals surface area (Å²) in [5.41, 5.74) is 0. The van der Waals surface area contributed by atoms with Crippen LogP contribution in [0.5, 0.6) is 0 Å². The fourth-order valence-corrected chi connectivity index (χ4v) is 2.41. The number of aliphatic carboxylic acids is 1. The van der Waals surface area contributed by atoms with Crippen LogP contribution in [0.15, 0.2) is 6.33 Å². The van der Waals surface area contributed by atoms with Gasteiger partial charge in [-0.25, -0.2) is 9.78 Å². The van der Waals surface area contributed by atoms with Gasteiger partial charge in [-0.3, -0.25) is 9.89 Å². The van der Waals surface area contributed by atoms with Crippen LogP contribution < -0.4 is 0 Å². The average Bonchev–Trinajstić information content (AvgIpc) is 3.06. The highest BCUT2D eigenvalue weighted by molar-refractivity contribution is 5.74.